The molecule has 0 saturated carbocycles. The number of hydrogen-bond acceptors (Lipinski definition) is 5. The third-order valence-electron chi connectivity index (χ3n) is 6.56. The molecule has 4 aromatic heterocycles. The molecule has 0 spiro atoms. The molecule has 0 amide bonds. The Morgan fingerprint density at radius 1 is 0.842 bits per heavy atom. The summed E-state index contributed by atoms with van der Waals surface area (Å²) < 4.78 is 12.6. The summed E-state index contributed by atoms with van der Waals surface area (Å²) >= 11 is 1.77. The molecular formula is C30H24N6OS. The molecule has 0 atom stereocenters. The molecule has 0 aliphatic rings. The van der Waals surface area contributed by atoms with Gasteiger partial charge in [0.2, 0.25) is 5.78 Å². The van der Waals surface area contributed by atoms with Crippen molar-refractivity contribution in [1.29, 1.82) is 0 Å². The van der Waals surface area contributed by atoms with Crippen molar-refractivity contribution < 1.29 is 4.74 Å². The summed E-state index contributed by atoms with van der Waals surface area (Å²) in [6.07, 6.45) is 5.52. The minimum absolute atomic E-state index is 0.737. The molecule has 186 valence electrons. The lowest BCUT2D eigenvalue weighted by atomic mass is 10.2. The fourth-order valence-corrected chi connectivity index (χ4v) is 5.66. The van der Waals surface area contributed by atoms with Gasteiger partial charge >= 0.3 is 0 Å². The highest BCUT2D eigenvalue weighted by Crippen LogP contribution is 2.35. The lowest BCUT2D eigenvalue weighted by molar-refractivity contribution is 0.481. The predicted octanol–water partition coefficient (Wildman–Crippen LogP) is 7.22. The van der Waals surface area contributed by atoms with Crippen LogP contribution in [0.15, 0.2) is 102 Å². The van der Waals surface area contributed by atoms with Crippen molar-refractivity contribution in [2.45, 2.75) is 18.7 Å². The van der Waals surface area contributed by atoms with Crippen molar-refractivity contribution in [1.82, 2.24) is 28.7 Å². The van der Waals surface area contributed by atoms with Crippen LogP contribution in [0.3, 0.4) is 0 Å². The number of benzene rings is 3. The van der Waals surface area contributed by atoms with Crippen LogP contribution < -0.4 is 4.74 Å². The number of imidazole rings is 2. The third kappa shape index (κ3) is 3.72. The first-order chi connectivity index (χ1) is 18.7. The van der Waals surface area contributed by atoms with Crippen LogP contribution in [0.1, 0.15) is 12.5 Å². The van der Waals surface area contributed by atoms with Gasteiger partial charge in [-0.3, -0.25) is 8.97 Å². The van der Waals surface area contributed by atoms with Gasteiger partial charge in [-0.2, -0.15) is 5.10 Å². The van der Waals surface area contributed by atoms with Gasteiger partial charge < -0.3 is 4.74 Å². The monoisotopic (exact) mass is 516 g/mol. The Morgan fingerprint density at radius 3 is 2.61 bits per heavy atom. The second-order valence-corrected chi connectivity index (χ2v) is 10.3. The molecule has 0 fully saturated rings. The fraction of sp³-hybridized carbons (Fsp3) is 0.100. The Labute approximate surface area is 223 Å². The van der Waals surface area contributed by atoms with Crippen LogP contribution in [-0.2, 0) is 0 Å². The van der Waals surface area contributed by atoms with Crippen LogP contribution in [-0.4, -0.2) is 34.5 Å². The summed E-state index contributed by atoms with van der Waals surface area (Å²) in [7, 11) is 0. The van der Waals surface area contributed by atoms with E-state index in [9.17, 15) is 0 Å². The molecular weight excluding hydrogens is 492 g/mol. The Morgan fingerprint density at radius 2 is 1.79 bits per heavy atom. The normalized spacial score (nSPS) is 11.6. The highest BCUT2D eigenvalue weighted by Gasteiger charge is 2.19. The van der Waals surface area contributed by atoms with E-state index < -0.39 is 0 Å². The average molecular weight is 517 g/mol. The summed E-state index contributed by atoms with van der Waals surface area (Å²) in [5.41, 5.74) is 6.18. The molecule has 0 N–H and O–H groups in total. The van der Waals surface area contributed by atoms with E-state index in [0.29, 0.717) is 0 Å². The van der Waals surface area contributed by atoms with Crippen LogP contribution in [0, 0.1) is 6.92 Å². The van der Waals surface area contributed by atoms with Crippen LogP contribution in [0.4, 0.5) is 0 Å². The number of para-hydroxylation sites is 1. The van der Waals surface area contributed by atoms with E-state index in [2.05, 4.69) is 75.4 Å². The van der Waals surface area contributed by atoms with Crippen molar-refractivity contribution in [3.8, 4) is 23.0 Å². The van der Waals surface area contributed by atoms with Crippen molar-refractivity contribution in [2.24, 2.45) is 0 Å². The molecule has 7 nitrogen and oxygen atoms in total. The quantitative estimate of drug-likeness (QED) is 0.218. The summed E-state index contributed by atoms with van der Waals surface area (Å²) in [5.74, 6) is 4.09. The van der Waals surface area contributed by atoms with Crippen molar-refractivity contribution in [3.63, 3.8) is 0 Å². The maximum absolute atomic E-state index is 6.46. The second kappa shape index (κ2) is 9.08. The standard InChI is InChI=1S/C30H24N6OS/c1-3-38-24-17-21(34-15-7-14-32-34)16-23(18-24)37-22-11-12-25-27(19-22)36(28-10-4-5-13-31-28)30-33-29-20(2)8-6-9-26(29)35(25)30/h4-19H,3H2,1-2H3. The molecule has 7 rings (SSSR count). The van der Waals surface area contributed by atoms with Gasteiger partial charge in [-0.15, -0.1) is 11.8 Å². The number of aryl methyl sites for hydroxylation is 1. The summed E-state index contributed by atoms with van der Waals surface area (Å²) in [6, 6.07) is 26.5. The highest BCUT2D eigenvalue weighted by atomic mass is 32.2. The number of rotatable bonds is 6. The molecule has 8 heteroatoms. The molecule has 0 saturated heterocycles. The average Bonchev–Trinajstić information content (AvgIpc) is 3.66. The largest absolute Gasteiger partial charge is 0.457 e. The van der Waals surface area contributed by atoms with E-state index in [4.69, 9.17) is 9.72 Å². The molecule has 0 unspecified atom stereocenters. The molecule has 0 bridgehead atoms. The van der Waals surface area contributed by atoms with Crippen molar-refractivity contribution in [2.75, 3.05) is 5.75 Å². The number of nitrogens with zero attached hydrogens (tertiary/aromatic N) is 6. The first kappa shape index (κ1) is 22.6. The van der Waals surface area contributed by atoms with Crippen LogP contribution in [0.5, 0.6) is 11.5 Å². The summed E-state index contributed by atoms with van der Waals surface area (Å²) in [5, 5.41) is 4.40. The van der Waals surface area contributed by atoms with E-state index in [1.165, 1.54) is 0 Å². The van der Waals surface area contributed by atoms with Gasteiger partial charge in [-0.25, -0.2) is 14.6 Å². The zero-order valence-electron chi connectivity index (χ0n) is 20.9. The first-order valence-corrected chi connectivity index (χ1v) is 13.5. The lowest BCUT2D eigenvalue weighted by Gasteiger charge is -2.11. The van der Waals surface area contributed by atoms with E-state index in [0.717, 1.165) is 67.1 Å². The molecule has 38 heavy (non-hydrogen) atoms. The van der Waals surface area contributed by atoms with E-state index in [-0.39, 0.29) is 0 Å². The van der Waals surface area contributed by atoms with E-state index in [1.807, 2.05) is 47.3 Å². The van der Waals surface area contributed by atoms with Gasteiger partial charge in [0.05, 0.1) is 27.8 Å². The Hall–Kier alpha value is -4.56. The minimum Gasteiger partial charge on any atom is -0.457 e. The number of hydrogen-bond donors (Lipinski definition) is 0. The minimum atomic E-state index is 0.737. The fourth-order valence-electron chi connectivity index (χ4n) is 4.92. The smallest absolute Gasteiger partial charge is 0.221 e. The van der Waals surface area contributed by atoms with Gasteiger partial charge in [0.1, 0.15) is 17.3 Å². The van der Waals surface area contributed by atoms with Crippen LogP contribution in [0.25, 0.3) is 39.3 Å². The molecule has 0 aliphatic heterocycles. The van der Waals surface area contributed by atoms with Crippen molar-refractivity contribution >= 4 is 39.6 Å². The zero-order chi connectivity index (χ0) is 25.6. The Bertz CT molecular complexity index is 1920. The highest BCUT2D eigenvalue weighted by molar-refractivity contribution is 7.99. The summed E-state index contributed by atoms with van der Waals surface area (Å²) in [6.45, 7) is 4.24. The molecule has 4 heterocycles. The number of ether oxygens (including phenoxy) is 1. The van der Waals surface area contributed by atoms with Gasteiger partial charge in [0.25, 0.3) is 0 Å². The van der Waals surface area contributed by atoms with Gasteiger partial charge in [0.15, 0.2) is 0 Å². The number of thioether (sulfide) groups is 1. The maximum Gasteiger partial charge on any atom is 0.221 e. The summed E-state index contributed by atoms with van der Waals surface area (Å²) in [4.78, 5) is 10.8. The van der Waals surface area contributed by atoms with Gasteiger partial charge in [-0.05, 0) is 66.8 Å². The SMILES string of the molecule is CCSc1cc(Oc2ccc3c(c2)n(-c2ccccn2)c2nc4c(C)cccc4n32)cc(-n2cccn2)c1. The molecule has 0 aliphatic carbocycles. The van der Waals surface area contributed by atoms with E-state index in [1.54, 1.807) is 24.2 Å². The topological polar surface area (TPSA) is 62.2 Å². The molecule has 0 radical (unpaired) electrons. The second-order valence-electron chi connectivity index (χ2n) is 9.01. The number of aromatic nitrogens is 6. The van der Waals surface area contributed by atoms with Crippen LogP contribution >= 0.6 is 11.8 Å². The predicted molar refractivity (Wildman–Crippen MR) is 152 cm³/mol. The van der Waals surface area contributed by atoms with Crippen LogP contribution in [0.2, 0.25) is 0 Å². The van der Waals surface area contributed by atoms with E-state index >= 15 is 0 Å². The number of fused-ring (bicyclic) bond motifs is 5. The zero-order valence-corrected chi connectivity index (χ0v) is 21.8. The maximum atomic E-state index is 6.46. The Balaban J connectivity index is 1.41. The number of pyridine rings is 1. The molecule has 7 aromatic rings. The Kier molecular flexibility index (Phi) is 5.40. The first-order valence-electron chi connectivity index (χ1n) is 12.5. The molecule has 3 aromatic carbocycles. The lowest BCUT2D eigenvalue weighted by Crippen LogP contribution is -1.98. The van der Waals surface area contributed by atoms with Gasteiger partial charge in [-0.1, -0.05) is 25.1 Å². The van der Waals surface area contributed by atoms with Gasteiger partial charge in [0, 0.05) is 35.6 Å². The third-order valence-corrected chi connectivity index (χ3v) is 7.41. The van der Waals surface area contributed by atoms with Crippen molar-refractivity contribution in [3.05, 3.63) is 103 Å².